The molecule has 0 saturated heterocycles. The lowest BCUT2D eigenvalue weighted by Crippen LogP contribution is -2.63. The van der Waals surface area contributed by atoms with Gasteiger partial charge in [0.05, 0.1) is 11.1 Å². The number of fused-ring (bicyclic) bond motifs is 1. The van der Waals surface area contributed by atoms with Gasteiger partial charge in [-0.05, 0) is 0 Å². The fraction of sp³-hybridized carbons (Fsp3) is 0.294. The number of alkyl halides is 9. The molecule has 0 spiro atoms. The molecule has 0 aliphatic heterocycles. The van der Waals surface area contributed by atoms with Crippen LogP contribution in [-0.2, 0) is 11.3 Å². The highest BCUT2D eigenvalue weighted by Gasteiger charge is 2.91. The highest BCUT2D eigenvalue weighted by Crippen LogP contribution is 2.71. The molecule has 1 aliphatic rings. The van der Waals surface area contributed by atoms with E-state index in [0.29, 0.717) is 0 Å². The highest BCUT2D eigenvalue weighted by molar-refractivity contribution is 5.58. The molecule has 0 amide bonds. The summed E-state index contributed by atoms with van der Waals surface area (Å²) in [5.74, 6) is -47.7. The third-order valence-corrected chi connectivity index (χ3v) is 5.16. The molecule has 0 radical (unpaired) electrons. The summed E-state index contributed by atoms with van der Waals surface area (Å²) >= 11 is 0. The van der Waals surface area contributed by atoms with Crippen LogP contribution in [0.15, 0.2) is 0 Å². The maximum atomic E-state index is 15.7. The molecule has 3 rings (SSSR count). The van der Waals surface area contributed by atoms with Crippen LogP contribution in [0, 0.1) is 52.4 Å². The van der Waals surface area contributed by atoms with E-state index < -0.39 is 98.4 Å². The smallest absolute Gasteiger partial charge is 0.226 e. The monoisotopic (exact) mass is 546 g/mol. The van der Waals surface area contributed by atoms with Gasteiger partial charge in [-0.25, -0.2) is 48.3 Å². The van der Waals surface area contributed by atoms with E-state index in [1.54, 1.807) is 0 Å². The molecule has 35 heavy (non-hydrogen) atoms. The third-order valence-electron chi connectivity index (χ3n) is 5.16. The minimum Gasteiger partial charge on any atom is -0.226 e. The van der Waals surface area contributed by atoms with Crippen LogP contribution in [0.1, 0.15) is 16.7 Å². The lowest BCUT2D eigenvalue weighted by molar-refractivity contribution is -0.374. The Hall–Kier alpha value is -2.82. The molecule has 0 nitrogen and oxygen atoms in total. The van der Waals surface area contributed by atoms with Gasteiger partial charge in [-0.1, -0.05) is 0 Å². The minimum atomic E-state index is -7.80. The summed E-state index contributed by atoms with van der Waals surface area (Å²) in [6, 6.07) is 0. The Bertz CT molecular complexity index is 1230. The van der Waals surface area contributed by atoms with Crippen molar-refractivity contribution >= 4 is 0 Å². The average Bonchev–Trinajstić information content (AvgIpc) is 2.89. The van der Waals surface area contributed by atoms with Crippen molar-refractivity contribution in [2.45, 2.75) is 29.4 Å². The van der Waals surface area contributed by atoms with Crippen LogP contribution in [0.2, 0.25) is 0 Å². The second-order valence-corrected chi connectivity index (χ2v) is 6.91. The first-order chi connectivity index (χ1) is 15.6. The second kappa shape index (κ2) is 7.11. The van der Waals surface area contributed by atoms with E-state index in [1.165, 1.54) is 0 Å². The van der Waals surface area contributed by atoms with Crippen LogP contribution in [0.25, 0.3) is 0 Å². The molecule has 1 aliphatic carbocycles. The topological polar surface area (TPSA) is 0 Å². The molecule has 2 aromatic carbocycles. The molecular weight excluding hydrogens is 546 g/mol. The Kier molecular flexibility index (Phi) is 5.44. The van der Waals surface area contributed by atoms with Crippen LogP contribution in [0.4, 0.5) is 79.0 Å². The standard InChI is InChI=1S/C17F18/c18-4-1-2(5(19)9(23)8(4)22)14(28,16(31,32)17(33,34)35)15(29,30)13(1,27)3-6(20)10(24)12(26)11(25)7(3)21. The van der Waals surface area contributed by atoms with Crippen LogP contribution >= 0.6 is 0 Å². The predicted octanol–water partition coefficient (Wildman–Crippen LogP) is 7.16. The van der Waals surface area contributed by atoms with Crippen molar-refractivity contribution < 1.29 is 79.0 Å². The maximum absolute atomic E-state index is 15.7. The van der Waals surface area contributed by atoms with E-state index >= 15 is 8.78 Å². The third kappa shape index (κ3) is 2.70. The number of hydrogen-bond acceptors (Lipinski definition) is 0. The first-order valence-corrected chi connectivity index (χ1v) is 8.15. The van der Waals surface area contributed by atoms with Gasteiger partial charge in [-0.15, -0.1) is 0 Å². The van der Waals surface area contributed by atoms with E-state index in [9.17, 15) is 70.2 Å². The minimum absolute atomic E-state index is 3.27. The predicted molar refractivity (Wildman–Crippen MR) is 73.1 cm³/mol. The normalized spacial score (nSPS) is 24.2. The summed E-state index contributed by atoms with van der Waals surface area (Å²) in [4.78, 5) is 0. The van der Waals surface area contributed by atoms with Crippen molar-refractivity contribution in [2.75, 3.05) is 0 Å². The Labute approximate surface area is 178 Å². The van der Waals surface area contributed by atoms with Gasteiger partial charge < -0.3 is 0 Å². The molecule has 194 valence electrons. The van der Waals surface area contributed by atoms with Crippen LogP contribution < -0.4 is 0 Å². The summed E-state index contributed by atoms with van der Waals surface area (Å²) < 4.78 is 251. The summed E-state index contributed by atoms with van der Waals surface area (Å²) in [7, 11) is 0. The molecular formula is C17F18. The number of rotatable bonds is 2. The maximum Gasteiger partial charge on any atom is 0.457 e. The van der Waals surface area contributed by atoms with Gasteiger partial charge in [0, 0.05) is 5.56 Å². The van der Waals surface area contributed by atoms with E-state index in [-0.39, 0.29) is 0 Å². The lowest BCUT2D eigenvalue weighted by atomic mass is 9.81. The van der Waals surface area contributed by atoms with Crippen molar-refractivity contribution in [1.29, 1.82) is 0 Å². The molecule has 0 aromatic heterocycles. The molecule has 2 unspecified atom stereocenters. The zero-order chi connectivity index (χ0) is 27.4. The van der Waals surface area contributed by atoms with Crippen molar-refractivity contribution in [3.63, 3.8) is 0 Å². The molecule has 0 fully saturated rings. The van der Waals surface area contributed by atoms with Crippen molar-refractivity contribution in [1.82, 2.24) is 0 Å². The van der Waals surface area contributed by atoms with Crippen LogP contribution in [-0.4, -0.2) is 18.0 Å². The van der Waals surface area contributed by atoms with Gasteiger partial charge in [0.2, 0.25) is 11.5 Å². The molecule has 18 heteroatoms. The first-order valence-electron chi connectivity index (χ1n) is 8.15. The average molecular weight is 546 g/mol. The van der Waals surface area contributed by atoms with Crippen LogP contribution in [0.5, 0.6) is 0 Å². The van der Waals surface area contributed by atoms with Gasteiger partial charge in [0.15, 0.2) is 46.5 Å². The van der Waals surface area contributed by atoms with Crippen molar-refractivity contribution in [2.24, 2.45) is 0 Å². The second-order valence-electron chi connectivity index (χ2n) is 6.91. The fourth-order valence-corrected chi connectivity index (χ4v) is 3.57. The Morgan fingerprint density at radius 2 is 0.686 bits per heavy atom. The molecule has 0 heterocycles. The lowest BCUT2D eigenvalue weighted by Gasteiger charge is -2.39. The number of benzene rings is 2. The quantitative estimate of drug-likeness (QED) is 0.213. The Morgan fingerprint density at radius 1 is 0.400 bits per heavy atom. The van der Waals surface area contributed by atoms with E-state index in [2.05, 4.69) is 0 Å². The Morgan fingerprint density at radius 3 is 1.03 bits per heavy atom. The molecule has 0 saturated carbocycles. The highest BCUT2D eigenvalue weighted by atomic mass is 19.4. The fourth-order valence-electron chi connectivity index (χ4n) is 3.57. The summed E-state index contributed by atoms with van der Waals surface area (Å²) in [5.41, 5.74) is -25.6. The zero-order valence-corrected chi connectivity index (χ0v) is 15.3. The zero-order valence-electron chi connectivity index (χ0n) is 15.3. The Balaban J connectivity index is 2.74. The summed E-state index contributed by atoms with van der Waals surface area (Å²) in [6.07, 6.45) is -7.61. The van der Waals surface area contributed by atoms with Crippen molar-refractivity contribution in [3.05, 3.63) is 69.0 Å². The van der Waals surface area contributed by atoms with E-state index in [1.807, 2.05) is 0 Å². The van der Waals surface area contributed by atoms with E-state index in [4.69, 9.17) is 0 Å². The SMILES string of the molecule is Fc1c(F)c(F)c(C2(F)c3c(F)c(F)c(F)c(F)c3C(F)(C(F)(F)C(F)(F)F)C2(F)F)c(F)c1F. The number of halogens is 18. The van der Waals surface area contributed by atoms with E-state index in [0.717, 1.165) is 0 Å². The summed E-state index contributed by atoms with van der Waals surface area (Å²) in [6.45, 7) is 0. The molecule has 2 atom stereocenters. The van der Waals surface area contributed by atoms with Gasteiger partial charge in [-0.2, -0.15) is 30.7 Å². The van der Waals surface area contributed by atoms with Gasteiger partial charge in [0.1, 0.15) is 0 Å². The molecule has 0 bridgehead atoms. The number of hydrogen-bond donors (Lipinski definition) is 0. The van der Waals surface area contributed by atoms with Gasteiger partial charge in [0.25, 0.3) is 5.67 Å². The van der Waals surface area contributed by atoms with Gasteiger partial charge >= 0.3 is 18.0 Å². The van der Waals surface area contributed by atoms with Crippen molar-refractivity contribution in [3.8, 4) is 0 Å². The largest absolute Gasteiger partial charge is 0.457 e. The summed E-state index contributed by atoms with van der Waals surface area (Å²) in [5, 5.41) is 0. The molecule has 2 aromatic rings. The van der Waals surface area contributed by atoms with Crippen LogP contribution in [0.3, 0.4) is 0 Å². The first kappa shape index (κ1) is 26.8. The van der Waals surface area contributed by atoms with Gasteiger partial charge in [-0.3, -0.25) is 0 Å². The molecule has 0 N–H and O–H groups in total.